The molecule has 1 atom stereocenters. The molecule has 0 aliphatic rings. The summed E-state index contributed by atoms with van der Waals surface area (Å²) in [4.78, 5) is 37.0. The van der Waals surface area contributed by atoms with Gasteiger partial charge in [0.2, 0.25) is 17.6 Å². The number of aromatic amines is 1. The van der Waals surface area contributed by atoms with Crippen LogP contribution in [-0.2, 0) is 17.6 Å². The molecule has 3 heterocycles. The van der Waals surface area contributed by atoms with E-state index in [1.165, 1.54) is 28.4 Å². The van der Waals surface area contributed by atoms with Crippen LogP contribution in [0.1, 0.15) is 16.8 Å². The zero-order valence-electron chi connectivity index (χ0n) is 24.5. The molecule has 44 heavy (non-hydrogen) atoms. The molecule has 5 rings (SSSR count). The molecule has 0 spiro atoms. The number of ether oxygens (including phenoxy) is 5. The SMILES string of the molecule is COc1nc(Nc2nc(N)ncc2Cc2cc(OC)c(OC)c(OC)c2)nc(OC(=O)C(N)Cc2cc3ccccc3[nH]2)n1. The molecule has 15 heteroatoms. The van der Waals surface area contributed by atoms with E-state index in [-0.39, 0.29) is 30.3 Å². The average Bonchev–Trinajstić information content (AvgIpc) is 3.44. The fraction of sp³-hybridized carbons (Fsp3) is 0.241. The first kappa shape index (κ1) is 29.8. The summed E-state index contributed by atoms with van der Waals surface area (Å²) in [5.41, 5.74) is 15.2. The second-order valence-electron chi connectivity index (χ2n) is 9.48. The summed E-state index contributed by atoms with van der Waals surface area (Å²) in [5, 5.41) is 4.01. The predicted octanol–water partition coefficient (Wildman–Crippen LogP) is 2.57. The molecule has 0 saturated carbocycles. The normalized spacial score (nSPS) is 11.6. The highest BCUT2D eigenvalue weighted by atomic mass is 16.6. The van der Waals surface area contributed by atoms with Crippen molar-refractivity contribution in [2.75, 3.05) is 39.5 Å². The van der Waals surface area contributed by atoms with Gasteiger partial charge in [0.25, 0.3) is 0 Å². The highest BCUT2D eigenvalue weighted by Crippen LogP contribution is 2.39. The van der Waals surface area contributed by atoms with Gasteiger partial charge in [-0.25, -0.2) is 9.78 Å². The fourth-order valence-corrected chi connectivity index (χ4v) is 4.48. The van der Waals surface area contributed by atoms with E-state index in [0.29, 0.717) is 35.1 Å². The number of hydrogen-bond acceptors (Lipinski definition) is 14. The number of esters is 1. The second-order valence-corrected chi connectivity index (χ2v) is 9.48. The van der Waals surface area contributed by atoms with Crippen molar-refractivity contribution in [3.05, 3.63) is 65.5 Å². The highest BCUT2D eigenvalue weighted by molar-refractivity contribution is 5.81. The zero-order chi connectivity index (χ0) is 31.2. The molecule has 15 nitrogen and oxygen atoms in total. The average molecular weight is 602 g/mol. The summed E-state index contributed by atoms with van der Waals surface area (Å²) < 4.78 is 27.0. The molecule has 0 radical (unpaired) electrons. The number of aromatic nitrogens is 6. The number of hydrogen-bond donors (Lipinski definition) is 4. The standard InChI is InChI=1S/C29H31N9O6/c1-40-21-10-15(11-22(41-2)23(21)42-3)9-17-14-32-26(31)34-24(17)35-27-36-28(43-4)38-29(37-27)44-25(39)19(30)13-18-12-16-7-5-6-8-20(16)33-18/h5-8,10-12,14,19,33H,9,13,30H2,1-4H3,(H3,31,32,34,35,36,37,38). The lowest BCUT2D eigenvalue weighted by Gasteiger charge is -2.15. The molecule has 0 aliphatic heterocycles. The van der Waals surface area contributed by atoms with E-state index in [4.69, 9.17) is 35.2 Å². The smallest absolute Gasteiger partial charge is 0.332 e. The van der Waals surface area contributed by atoms with Gasteiger partial charge in [0.15, 0.2) is 11.5 Å². The monoisotopic (exact) mass is 601 g/mol. The maximum atomic E-state index is 12.9. The van der Waals surface area contributed by atoms with Crippen LogP contribution in [0, 0.1) is 0 Å². The third kappa shape index (κ3) is 6.68. The number of nitrogens with two attached hydrogens (primary N) is 2. The van der Waals surface area contributed by atoms with Crippen molar-refractivity contribution >= 4 is 34.6 Å². The molecule has 1 unspecified atom stereocenters. The Balaban J connectivity index is 1.36. The summed E-state index contributed by atoms with van der Waals surface area (Å²) in [7, 11) is 5.97. The van der Waals surface area contributed by atoms with Gasteiger partial charge < -0.3 is 45.5 Å². The number of nitrogen functional groups attached to an aromatic ring is 1. The number of rotatable bonds is 12. The minimum atomic E-state index is -0.992. The number of anilines is 3. The third-order valence-corrected chi connectivity index (χ3v) is 6.53. The molecule has 5 aromatic rings. The van der Waals surface area contributed by atoms with E-state index in [9.17, 15) is 4.79 Å². The molecular formula is C29H31N9O6. The highest BCUT2D eigenvalue weighted by Gasteiger charge is 2.21. The first-order chi connectivity index (χ1) is 21.3. The quantitative estimate of drug-likeness (QED) is 0.152. The molecule has 3 aromatic heterocycles. The first-order valence-corrected chi connectivity index (χ1v) is 13.3. The maximum Gasteiger partial charge on any atom is 0.332 e. The van der Waals surface area contributed by atoms with Crippen molar-refractivity contribution < 1.29 is 28.5 Å². The van der Waals surface area contributed by atoms with Crippen LogP contribution in [0.25, 0.3) is 10.9 Å². The molecule has 0 amide bonds. The third-order valence-electron chi connectivity index (χ3n) is 6.53. The molecule has 0 fully saturated rings. The van der Waals surface area contributed by atoms with Gasteiger partial charge in [-0.2, -0.15) is 15.0 Å². The van der Waals surface area contributed by atoms with Gasteiger partial charge in [-0.15, -0.1) is 4.98 Å². The Morgan fingerprint density at radius 2 is 1.66 bits per heavy atom. The van der Waals surface area contributed by atoms with E-state index >= 15 is 0 Å². The number of nitrogens with one attached hydrogen (secondary N) is 2. The Morgan fingerprint density at radius 3 is 2.34 bits per heavy atom. The minimum absolute atomic E-state index is 0.0109. The number of H-pyrrole nitrogens is 1. The Hall–Kier alpha value is -5.70. The number of carbonyl (C=O) groups is 1. The largest absolute Gasteiger partial charge is 0.493 e. The van der Waals surface area contributed by atoms with Gasteiger partial charge in [-0.3, -0.25) is 0 Å². The molecular weight excluding hydrogens is 570 g/mol. The van der Waals surface area contributed by atoms with Gasteiger partial charge in [0, 0.05) is 35.8 Å². The van der Waals surface area contributed by atoms with Crippen LogP contribution in [0.5, 0.6) is 29.3 Å². The van der Waals surface area contributed by atoms with Crippen molar-refractivity contribution in [3.63, 3.8) is 0 Å². The van der Waals surface area contributed by atoms with Crippen LogP contribution in [-0.4, -0.2) is 70.4 Å². The summed E-state index contributed by atoms with van der Waals surface area (Å²) >= 11 is 0. The number of benzene rings is 2. The number of para-hydroxylation sites is 1. The number of carbonyl (C=O) groups excluding carboxylic acids is 1. The van der Waals surface area contributed by atoms with Gasteiger partial charge in [-0.1, -0.05) is 18.2 Å². The molecule has 228 valence electrons. The summed E-state index contributed by atoms with van der Waals surface area (Å²) in [6.07, 6.45) is 2.12. The van der Waals surface area contributed by atoms with E-state index in [1.54, 1.807) is 6.20 Å². The molecule has 6 N–H and O–H groups in total. The molecule has 0 saturated heterocycles. The minimum Gasteiger partial charge on any atom is -0.493 e. The zero-order valence-corrected chi connectivity index (χ0v) is 24.5. The van der Waals surface area contributed by atoms with Gasteiger partial charge in [0.1, 0.15) is 11.9 Å². The Bertz CT molecular complexity index is 1740. The summed E-state index contributed by atoms with van der Waals surface area (Å²) in [6.45, 7) is 0. The van der Waals surface area contributed by atoms with Crippen LogP contribution < -0.4 is 40.5 Å². The van der Waals surface area contributed by atoms with E-state index in [2.05, 4.69) is 35.2 Å². The van der Waals surface area contributed by atoms with Crippen LogP contribution in [0.4, 0.5) is 17.7 Å². The summed E-state index contributed by atoms with van der Waals surface area (Å²) in [6, 6.07) is 11.9. The summed E-state index contributed by atoms with van der Waals surface area (Å²) in [5.74, 6) is 0.994. The van der Waals surface area contributed by atoms with Gasteiger partial charge >= 0.3 is 18.0 Å². The van der Waals surface area contributed by atoms with Crippen LogP contribution >= 0.6 is 0 Å². The molecule has 0 aliphatic carbocycles. The Labute approximate surface area is 251 Å². The Kier molecular flexibility index (Phi) is 8.85. The number of nitrogens with zero attached hydrogens (tertiary/aromatic N) is 5. The molecule has 0 bridgehead atoms. The second kappa shape index (κ2) is 13.1. The van der Waals surface area contributed by atoms with E-state index in [1.807, 2.05) is 42.5 Å². The van der Waals surface area contributed by atoms with Crippen LogP contribution in [0.15, 0.2) is 48.7 Å². The van der Waals surface area contributed by atoms with Crippen molar-refractivity contribution in [1.82, 2.24) is 29.9 Å². The van der Waals surface area contributed by atoms with Gasteiger partial charge in [-0.05, 0) is 35.2 Å². The van der Waals surface area contributed by atoms with Crippen molar-refractivity contribution in [3.8, 4) is 29.3 Å². The van der Waals surface area contributed by atoms with Gasteiger partial charge in [0.05, 0.1) is 28.4 Å². The first-order valence-electron chi connectivity index (χ1n) is 13.3. The number of methoxy groups -OCH3 is 4. The van der Waals surface area contributed by atoms with E-state index < -0.39 is 12.0 Å². The lowest BCUT2D eigenvalue weighted by molar-refractivity contribution is -0.136. The maximum absolute atomic E-state index is 12.9. The fourth-order valence-electron chi connectivity index (χ4n) is 4.48. The number of fused-ring (bicyclic) bond motifs is 1. The Morgan fingerprint density at radius 1 is 0.932 bits per heavy atom. The topological polar surface area (TPSA) is 208 Å². The predicted molar refractivity (Wildman–Crippen MR) is 161 cm³/mol. The van der Waals surface area contributed by atoms with Crippen molar-refractivity contribution in [1.29, 1.82) is 0 Å². The van der Waals surface area contributed by atoms with Crippen LogP contribution in [0.3, 0.4) is 0 Å². The van der Waals surface area contributed by atoms with Crippen LogP contribution in [0.2, 0.25) is 0 Å². The lowest BCUT2D eigenvalue weighted by Crippen LogP contribution is -2.36. The molecule has 2 aromatic carbocycles. The van der Waals surface area contributed by atoms with Crippen molar-refractivity contribution in [2.45, 2.75) is 18.9 Å². The lowest BCUT2D eigenvalue weighted by atomic mass is 10.1. The van der Waals surface area contributed by atoms with E-state index in [0.717, 1.165) is 22.2 Å². The van der Waals surface area contributed by atoms with Crippen molar-refractivity contribution in [2.24, 2.45) is 5.73 Å².